The highest BCUT2D eigenvalue weighted by Crippen LogP contribution is 2.23. The van der Waals surface area contributed by atoms with Crippen LogP contribution in [0, 0.1) is 0 Å². The first-order valence-corrected chi connectivity index (χ1v) is 5.63. The van der Waals surface area contributed by atoms with Crippen molar-refractivity contribution in [3.8, 4) is 0 Å². The third-order valence-electron chi connectivity index (χ3n) is 2.41. The summed E-state index contributed by atoms with van der Waals surface area (Å²) < 4.78 is 0. The van der Waals surface area contributed by atoms with Gasteiger partial charge in [-0.25, -0.2) is 4.98 Å². The van der Waals surface area contributed by atoms with Crippen LogP contribution in [0.3, 0.4) is 0 Å². The molecule has 72 valence electrons. The van der Waals surface area contributed by atoms with Gasteiger partial charge in [0, 0.05) is 24.3 Å². The first kappa shape index (κ1) is 9.12. The van der Waals surface area contributed by atoms with E-state index in [1.165, 1.54) is 17.1 Å². The molecule has 1 saturated heterocycles. The van der Waals surface area contributed by atoms with Gasteiger partial charge in [0.15, 0.2) is 0 Å². The Bertz CT molecular complexity index is 266. The van der Waals surface area contributed by atoms with Crippen molar-refractivity contribution in [3.05, 3.63) is 16.1 Å². The second-order valence-electron chi connectivity index (χ2n) is 3.39. The van der Waals surface area contributed by atoms with E-state index in [0.717, 1.165) is 19.5 Å². The van der Waals surface area contributed by atoms with Gasteiger partial charge < -0.3 is 11.1 Å². The predicted molar refractivity (Wildman–Crippen MR) is 55.1 cm³/mol. The van der Waals surface area contributed by atoms with Crippen molar-refractivity contribution < 1.29 is 0 Å². The van der Waals surface area contributed by atoms with Gasteiger partial charge >= 0.3 is 0 Å². The van der Waals surface area contributed by atoms with Crippen LogP contribution >= 0.6 is 11.3 Å². The number of nitrogens with two attached hydrogens (primary N) is 1. The fourth-order valence-corrected chi connectivity index (χ4v) is 2.55. The molecule has 0 amide bonds. The lowest BCUT2D eigenvalue weighted by Gasteiger charge is -2.02. The van der Waals surface area contributed by atoms with Gasteiger partial charge in [0.25, 0.3) is 0 Å². The van der Waals surface area contributed by atoms with Gasteiger partial charge in [0.2, 0.25) is 0 Å². The van der Waals surface area contributed by atoms with Crippen molar-refractivity contribution in [2.24, 2.45) is 5.73 Å². The molecule has 3 N–H and O–H groups in total. The van der Waals surface area contributed by atoms with Gasteiger partial charge in [-0.2, -0.15) is 0 Å². The molecule has 1 aliphatic heterocycles. The molecule has 4 heteroatoms. The van der Waals surface area contributed by atoms with E-state index in [9.17, 15) is 0 Å². The van der Waals surface area contributed by atoms with Gasteiger partial charge in [-0.1, -0.05) is 0 Å². The number of hydrogen-bond donors (Lipinski definition) is 2. The second-order valence-corrected chi connectivity index (χ2v) is 4.34. The van der Waals surface area contributed by atoms with Crippen molar-refractivity contribution in [1.29, 1.82) is 0 Å². The van der Waals surface area contributed by atoms with Crippen LogP contribution in [0.5, 0.6) is 0 Å². The van der Waals surface area contributed by atoms with Gasteiger partial charge in [0.1, 0.15) is 0 Å². The Morgan fingerprint density at radius 2 is 2.62 bits per heavy atom. The minimum atomic E-state index is 0.641. The zero-order valence-electron chi connectivity index (χ0n) is 7.62. The summed E-state index contributed by atoms with van der Waals surface area (Å²) in [5.41, 5.74) is 6.74. The summed E-state index contributed by atoms with van der Waals surface area (Å²) in [7, 11) is 0. The lowest BCUT2D eigenvalue weighted by Crippen LogP contribution is -2.08. The summed E-state index contributed by atoms with van der Waals surface area (Å²) in [5.74, 6) is 0.641. The molecule has 1 unspecified atom stereocenters. The fraction of sp³-hybridized carbons (Fsp3) is 0.667. The molecule has 13 heavy (non-hydrogen) atoms. The quantitative estimate of drug-likeness (QED) is 0.751. The molecule has 0 bridgehead atoms. The molecule has 1 fully saturated rings. The lowest BCUT2D eigenvalue weighted by atomic mass is 10.1. The number of hydrogen-bond acceptors (Lipinski definition) is 4. The summed E-state index contributed by atoms with van der Waals surface area (Å²) >= 11 is 1.74. The van der Waals surface area contributed by atoms with Crippen molar-refractivity contribution in [1.82, 2.24) is 10.3 Å². The Morgan fingerprint density at radius 1 is 1.69 bits per heavy atom. The summed E-state index contributed by atoms with van der Waals surface area (Å²) in [6, 6.07) is 0. The zero-order chi connectivity index (χ0) is 9.10. The standard InChI is InChI=1S/C9H15N3S/c10-3-1-9-12-8(6-13-9)7-2-4-11-5-7/h6-7,11H,1-5,10H2. The van der Waals surface area contributed by atoms with Crippen molar-refractivity contribution in [3.63, 3.8) is 0 Å². The SMILES string of the molecule is NCCc1nc(C2CCNC2)cs1. The van der Waals surface area contributed by atoms with E-state index < -0.39 is 0 Å². The van der Waals surface area contributed by atoms with E-state index in [-0.39, 0.29) is 0 Å². The average Bonchev–Trinajstić information content (AvgIpc) is 2.70. The van der Waals surface area contributed by atoms with Crippen molar-refractivity contribution in [2.75, 3.05) is 19.6 Å². The van der Waals surface area contributed by atoms with Crippen molar-refractivity contribution >= 4 is 11.3 Å². The van der Waals surface area contributed by atoms with Crippen LogP contribution in [0.15, 0.2) is 5.38 Å². The molecule has 1 aromatic heterocycles. The molecule has 0 spiro atoms. The molecule has 2 rings (SSSR count). The second kappa shape index (κ2) is 4.17. The van der Waals surface area contributed by atoms with Crippen molar-refractivity contribution in [2.45, 2.75) is 18.8 Å². The van der Waals surface area contributed by atoms with Gasteiger partial charge in [0.05, 0.1) is 10.7 Å². The normalized spacial score (nSPS) is 22.4. The van der Waals surface area contributed by atoms with Crippen LogP contribution in [-0.2, 0) is 6.42 Å². The monoisotopic (exact) mass is 197 g/mol. The predicted octanol–water partition coefficient (Wildman–Crippen LogP) is 0.721. The molecule has 1 aliphatic rings. The summed E-state index contributed by atoms with van der Waals surface area (Å²) in [4.78, 5) is 4.58. The highest BCUT2D eigenvalue weighted by Gasteiger charge is 2.18. The highest BCUT2D eigenvalue weighted by molar-refractivity contribution is 7.09. The van der Waals surface area contributed by atoms with E-state index >= 15 is 0 Å². The molecule has 3 nitrogen and oxygen atoms in total. The third kappa shape index (κ3) is 2.07. The maximum Gasteiger partial charge on any atom is 0.0940 e. The van der Waals surface area contributed by atoms with E-state index in [0.29, 0.717) is 12.5 Å². The minimum absolute atomic E-state index is 0.641. The number of rotatable bonds is 3. The lowest BCUT2D eigenvalue weighted by molar-refractivity contribution is 0.735. The molecule has 1 aromatic rings. The van der Waals surface area contributed by atoms with Crippen LogP contribution < -0.4 is 11.1 Å². The Balaban J connectivity index is 2.03. The van der Waals surface area contributed by atoms with E-state index in [4.69, 9.17) is 5.73 Å². The molecule has 0 aliphatic carbocycles. The van der Waals surface area contributed by atoms with Gasteiger partial charge in [-0.3, -0.25) is 0 Å². The average molecular weight is 197 g/mol. The molecule has 0 radical (unpaired) electrons. The van der Waals surface area contributed by atoms with Crippen LogP contribution in [0.1, 0.15) is 23.0 Å². The van der Waals surface area contributed by atoms with Crippen LogP contribution in [-0.4, -0.2) is 24.6 Å². The molecule has 2 heterocycles. The number of aromatic nitrogens is 1. The topological polar surface area (TPSA) is 50.9 Å². The summed E-state index contributed by atoms with van der Waals surface area (Å²) in [6.07, 6.45) is 2.15. The molecule has 0 saturated carbocycles. The number of nitrogens with zero attached hydrogens (tertiary/aromatic N) is 1. The van der Waals surface area contributed by atoms with E-state index in [1.54, 1.807) is 11.3 Å². The minimum Gasteiger partial charge on any atom is -0.330 e. The zero-order valence-corrected chi connectivity index (χ0v) is 8.44. The Labute approximate surface area is 82.4 Å². The highest BCUT2D eigenvalue weighted by atomic mass is 32.1. The first-order chi connectivity index (χ1) is 6.40. The maximum atomic E-state index is 5.48. The molecular formula is C9H15N3S. The Kier molecular flexibility index (Phi) is 2.93. The molecular weight excluding hydrogens is 182 g/mol. The summed E-state index contributed by atoms with van der Waals surface area (Å²) in [6.45, 7) is 2.93. The Hall–Kier alpha value is -0.450. The van der Waals surface area contributed by atoms with E-state index in [1.807, 2.05) is 0 Å². The largest absolute Gasteiger partial charge is 0.330 e. The first-order valence-electron chi connectivity index (χ1n) is 4.75. The van der Waals surface area contributed by atoms with Crippen LogP contribution in [0.25, 0.3) is 0 Å². The Morgan fingerprint density at radius 3 is 3.31 bits per heavy atom. The fourth-order valence-electron chi connectivity index (χ4n) is 1.66. The smallest absolute Gasteiger partial charge is 0.0940 e. The third-order valence-corrected chi connectivity index (χ3v) is 3.33. The summed E-state index contributed by atoms with van der Waals surface area (Å²) in [5, 5.41) is 6.72. The molecule has 0 aromatic carbocycles. The molecule has 1 atom stereocenters. The number of nitrogens with one attached hydrogen (secondary N) is 1. The number of thiazole rings is 1. The maximum absolute atomic E-state index is 5.48. The van der Waals surface area contributed by atoms with Crippen LogP contribution in [0.4, 0.5) is 0 Å². The van der Waals surface area contributed by atoms with E-state index in [2.05, 4.69) is 15.7 Å². The van der Waals surface area contributed by atoms with Gasteiger partial charge in [-0.05, 0) is 19.5 Å². The van der Waals surface area contributed by atoms with Crippen LogP contribution in [0.2, 0.25) is 0 Å². The van der Waals surface area contributed by atoms with Gasteiger partial charge in [-0.15, -0.1) is 11.3 Å².